The molecule has 0 fully saturated rings. The highest BCUT2D eigenvalue weighted by atomic mass is 32.1. The van der Waals surface area contributed by atoms with Gasteiger partial charge in [-0.15, -0.1) is 11.3 Å². The van der Waals surface area contributed by atoms with Crippen molar-refractivity contribution in [3.63, 3.8) is 0 Å². The summed E-state index contributed by atoms with van der Waals surface area (Å²) in [6.07, 6.45) is 0.0404. The molecule has 0 aliphatic heterocycles. The molecular weight excluding hydrogens is 264 g/mol. The van der Waals surface area contributed by atoms with Crippen LogP contribution in [0.1, 0.15) is 29.0 Å². The third-order valence-corrected chi connectivity index (χ3v) is 4.87. The third-order valence-electron chi connectivity index (χ3n) is 3.55. The van der Waals surface area contributed by atoms with Crippen molar-refractivity contribution in [2.75, 3.05) is 6.61 Å². The Labute approximate surface area is 123 Å². The fourth-order valence-corrected chi connectivity index (χ4v) is 3.85. The van der Waals surface area contributed by atoms with Crippen LogP contribution in [-0.4, -0.2) is 6.61 Å². The first-order valence-corrected chi connectivity index (χ1v) is 7.77. The molecular formula is C18H18OS. The van der Waals surface area contributed by atoms with Gasteiger partial charge in [0.1, 0.15) is 6.10 Å². The molecule has 0 saturated carbocycles. The second-order valence-corrected chi connectivity index (χ2v) is 5.92. The highest BCUT2D eigenvalue weighted by molar-refractivity contribution is 7.19. The summed E-state index contributed by atoms with van der Waals surface area (Å²) in [6, 6.07) is 19.1. The molecule has 0 bridgehead atoms. The van der Waals surface area contributed by atoms with E-state index in [9.17, 15) is 0 Å². The highest BCUT2D eigenvalue weighted by Gasteiger charge is 2.20. The zero-order valence-electron chi connectivity index (χ0n) is 11.8. The van der Waals surface area contributed by atoms with Crippen molar-refractivity contribution in [3.05, 3.63) is 70.6 Å². The summed E-state index contributed by atoms with van der Waals surface area (Å²) >= 11 is 1.84. The Morgan fingerprint density at radius 3 is 2.40 bits per heavy atom. The van der Waals surface area contributed by atoms with E-state index in [1.165, 1.54) is 26.1 Å². The number of aryl methyl sites for hydroxylation is 1. The van der Waals surface area contributed by atoms with E-state index in [-0.39, 0.29) is 6.10 Å². The number of thiophene rings is 1. The number of ether oxygens (including phenoxy) is 1. The van der Waals surface area contributed by atoms with Crippen LogP contribution in [0.2, 0.25) is 0 Å². The quantitative estimate of drug-likeness (QED) is 0.628. The summed E-state index contributed by atoms with van der Waals surface area (Å²) < 4.78 is 7.37. The van der Waals surface area contributed by atoms with Crippen LogP contribution >= 0.6 is 11.3 Å². The van der Waals surface area contributed by atoms with Crippen molar-refractivity contribution in [3.8, 4) is 0 Å². The van der Waals surface area contributed by atoms with Crippen LogP contribution in [0, 0.1) is 6.92 Å². The van der Waals surface area contributed by atoms with Crippen LogP contribution in [0.3, 0.4) is 0 Å². The Morgan fingerprint density at radius 2 is 1.70 bits per heavy atom. The number of fused-ring (bicyclic) bond motifs is 1. The van der Waals surface area contributed by atoms with Gasteiger partial charge >= 0.3 is 0 Å². The summed E-state index contributed by atoms with van der Waals surface area (Å²) in [4.78, 5) is 1.32. The molecule has 3 aromatic rings. The predicted molar refractivity (Wildman–Crippen MR) is 86.5 cm³/mol. The van der Waals surface area contributed by atoms with Crippen molar-refractivity contribution in [1.29, 1.82) is 0 Å². The molecule has 1 heterocycles. The Kier molecular flexibility index (Phi) is 3.86. The zero-order chi connectivity index (χ0) is 13.9. The normalized spacial score (nSPS) is 12.7. The van der Waals surface area contributed by atoms with Crippen LogP contribution in [-0.2, 0) is 4.74 Å². The number of benzene rings is 2. The second kappa shape index (κ2) is 5.78. The van der Waals surface area contributed by atoms with E-state index < -0.39 is 0 Å². The van der Waals surface area contributed by atoms with Crippen molar-refractivity contribution in [1.82, 2.24) is 0 Å². The molecule has 2 heteroatoms. The predicted octanol–water partition coefficient (Wildman–Crippen LogP) is 5.34. The van der Waals surface area contributed by atoms with Crippen molar-refractivity contribution in [2.24, 2.45) is 0 Å². The van der Waals surface area contributed by atoms with Crippen LogP contribution in [0.5, 0.6) is 0 Å². The van der Waals surface area contributed by atoms with Crippen LogP contribution in [0.4, 0.5) is 0 Å². The zero-order valence-corrected chi connectivity index (χ0v) is 12.6. The van der Waals surface area contributed by atoms with Gasteiger partial charge in [-0.3, -0.25) is 0 Å². The first-order chi connectivity index (χ1) is 9.81. The number of rotatable bonds is 4. The Bertz CT molecular complexity index is 700. The van der Waals surface area contributed by atoms with E-state index in [1.807, 2.05) is 17.4 Å². The molecule has 0 saturated heterocycles. The standard InChI is InChI=1S/C18H18OS/c1-3-19-17(14-9-5-4-6-10-14)18-13(2)15-11-7-8-12-16(15)20-18/h4-12,17H,3H2,1-2H3. The SMILES string of the molecule is CCOC(c1ccccc1)c1sc2ccccc2c1C. The van der Waals surface area contributed by atoms with E-state index in [4.69, 9.17) is 4.74 Å². The molecule has 102 valence electrons. The summed E-state index contributed by atoms with van der Waals surface area (Å²) in [6.45, 7) is 4.97. The maximum absolute atomic E-state index is 6.03. The molecule has 0 N–H and O–H groups in total. The lowest BCUT2D eigenvalue weighted by Crippen LogP contribution is -2.05. The largest absolute Gasteiger partial charge is 0.368 e. The molecule has 20 heavy (non-hydrogen) atoms. The minimum Gasteiger partial charge on any atom is -0.368 e. The lowest BCUT2D eigenvalue weighted by Gasteiger charge is -2.17. The Morgan fingerprint density at radius 1 is 1.00 bits per heavy atom. The first-order valence-electron chi connectivity index (χ1n) is 6.96. The minimum atomic E-state index is 0.0404. The number of hydrogen-bond acceptors (Lipinski definition) is 2. The topological polar surface area (TPSA) is 9.23 Å². The van der Waals surface area contributed by atoms with E-state index in [0.29, 0.717) is 6.61 Å². The van der Waals surface area contributed by atoms with Gasteiger partial charge in [0.05, 0.1) is 0 Å². The Balaban J connectivity index is 2.12. The highest BCUT2D eigenvalue weighted by Crippen LogP contribution is 2.38. The van der Waals surface area contributed by atoms with Gasteiger partial charge in [0.25, 0.3) is 0 Å². The van der Waals surface area contributed by atoms with Crippen LogP contribution < -0.4 is 0 Å². The second-order valence-electron chi connectivity index (χ2n) is 4.83. The van der Waals surface area contributed by atoms with Gasteiger partial charge in [-0.2, -0.15) is 0 Å². The van der Waals surface area contributed by atoms with E-state index in [1.54, 1.807) is 0 Å². The van der Waals surface area contributed by atoms with Crippen LogP contribution in [0.15, 0.2) is 54.6 Å². The molecule has 0 aliphatic carbocycles. The van der Waals surface area contributed by atoms with Gasteiger partial charge in [0.15, 0.2) is 0 Å². The molecule has 1 unspecified atom stereocenters. The molecule has 0 aliphatic rings. The van der Waals surface area contributed by atoms with Crippen molar-refractivity contribution < 1.29 is 4.74 Å². The van der Waals surface area contributed by atoms with Gasteiger partial charge in [0.2, 0.25) is 0 Å². The van der Waals surface area contributed by atoms with Crippen molar-refractivity contribution in [2.45, 2.75) is 20.0 Å². The fourth-order valence-electron chi connectivity index (χ4n) is 2.56. The lowest BCUT2D eigenvalue weighted by molar-refractivity contribution is 0.0935. The average molecular weight is 282 g/mol. The first kappa shape index (κ1) is 13.3. The summed E-state index contributed by atoms with van der Waals surface area (Å²) in [5.74, 6) is 0. The molecule has 1 aromatic heterocycles. The average Bonchev–Trinajstić information content (AvgIpc) is 2.83. The third kappa shape index (κ3) is 2.37. The van der Waals surface area contributed by atoms with Gasteiger partial charge in [-0.1, -0.05) is 48.5 Å². The molecule has 0 amide bonds. The Hall–Kier alpha value is -1.64. The van der Waals surface area contributed by atoms with E-state index in [2.05, 4.69) is 62.4 Å². The van der Waals surface area contributed by atoms with E-state index in [0.717, 1.165) is 0 Å². The number of hydrogen-bond donors (Lipinski definition) is 0. The monoisotopic (exact) mass is 282 g/mol. The maximum Gasteiger partial charge on any atom is 0.117 e. The molecule has 0 spiro atoms. The van der Waals surface area contributed by atoms with Gasteiger partial charge in [-0.05, 0) is 36.4 Å². The summed E-state index contributed by atoms with van der Waals surface area (Å²) in [5.41, 5.74) is 2.57. The molecule has 1 nitrogen and oxygen atoms in total. The molecule has 2 aromatic carbocycles. The van der Waals surface area contributed by atoms with Gasteiger partial charge < -0.3 is 4.74 Å². The summed E-state index contributed by atoms with van der Waals surface area (Å²) in [7, 11) is 0. The summed E-state index contributed by atoms with van der Waals surface area (Å²) in [5, 5.41) is 1.34. The van der Waals surface area contributed by atoms with Gasteiger partial charge in [-0.25, -0.2) is 0 Å². The maximum atomic E-state index is 6.03. The van der Waals surface area contributed by atoms with Crippen LogP contribution in [0.25, 0.3) is 10.1 Å². The molecule has 0 radical (unpaired) electrons. The van der Waals surface area contributed by atoms with Gasteiger partial charge in [0, 0.05) is 16.2 Å². The van der Waals surface area contributed by atoms with E-state index >= 15 is 0 Å². The smallest absolute Gasteiger partial charge is 0.117 e. The minimum absolute atomic E-state index is 0.0404. The molecule has 3 rings (SSSR count). The molecule has 1 atom stereocenters. The lowest BCUT2D eigenvalue weighted by atomic mass is 10.0. The van der Waals surface area contributed by atoms with Crippen molar-refractivity contribution >= 4 is 21.4 Å². The fraction of sp³-hybridized carbons (Fsp3) is 0.222.